The largest absolute Gasteiger partial charge is 0.359 e. The molecule has 0 saturated heterocycles. The summed E-state index contributed by atoms with van der Waals surface area (Å²) in [5, 5.41) is 9.41. The Morgan fingerprint density at radius 1 is 0.702 bits per heavy atom. The molecule has 0 fully saturated rings. The monoisotopic (exact) mass is 613 g/mol. The lowest BCUT2D eigenvalue weighted by atomic mass is 9.69. The van der Waals surface area contributed by atoms with Crippen LogP contribution in [0.4, 0.5) is 0 Å². The summed E-state index contributed by atoms with van der Waals surface area (Å²) in [6.07, 6.45) is 6.15. The van der Waals surface area contributed by atoms with Crippen molar-refractivity contribution in [3.8, 4) is 33.4 Å². The van der Waals surface area contributed by atoms with E-state index in [9.17, 15) is 5.41 Å². The predicted molar refractivity (Wildman–Crippen MR) is 201 cm³/mol. The molecule has 5 aromatic carbocycles. The van der Waals surface area contributed by atoms with E-state index in [1.165, 1.54) is 27.8 Å². The summed E-state index contributed by atoms with van der Waals surface area (Å²) in [4.78, 5) is 7.23. The quantitative estimate of drug-likeness (QED) is 0.100. The SMILES string of the molecule is C=C/C(=C\CC)C1(CC)c2ccccc2-c2ccc(C(=N)/N=C(/c3cc(-c4ccccc4)cc(-c4ccccc4)c3)N(C)CC)cc21. The number of amidine groups is 2. The van der Waals surface area contributed by atoms with Gasteiger partial charge in [0.25, 0.3) is 0 Å². The van der Waals surface area contributed by atoms with E-state index in [1.807, 2.05) is 18.2 Å². The average molecular weight is 614 g/mol. The zero-order valence-electron chi connectivity index (χ0n) is 27.9. The lowest BCUT2D eigenvalue weighted by Crippen LogP contribution is -2.29. The zero-order chi connectivity index (χ0) is 33.0. The Balaban J connectivity index is 1.50. The molecule has 3 heteroatoms. The Morgan fingerprint density at radius 3 is 1.87 bits per heavy atom. The summed E-state index contributed by atoms with van der Waals surface area (Å²) >= 11 is 0. The van der Waals surface area contributed by atoms with Gasteiger partial charge in [-0.15, -0.1) is 0 Å². The molecule has 234 valence electrons. The van der Waals surface area contributed by atoms with Gasteiger partial charge in [0.1, 0.15) is 5.84 Å². The molecule has 0 radical (unpaired) electrons. The first-order valence-corrected chi connectivity index (χ1v) is 16.7. The molecule has 1 aliphatic carbocycles. The molecular weight excluding hydrogens is 571 g/mol. The van der Waals surface area contributed by atoms with Crippen molar-refractivity contribution in [3.05, 3.63) is 168 Å². The number of fused-ring (bicyclic) bond motifs is 3. The van der Waals surface area contributed by atoms with E-state index < -0.39 is 0 Å². The molecule has 0 heterocycles. The summed E-state index contributed by atoms with van der Waals surface area (Å²) in [7, 11) is 2.05. The van der Waals surface area contributed by atoms with Crippen LogP contribution < -0.4 is 0 Å². The van der Waals surface area contributed by atoms with Gasteiger partial charge in [-0.25, -0.2) is 4.99 Å². The Bertz CT molecular complexity index is 1930. The number of hydrogen-bond acceptors (Lipinski definition) is 1. The third kappa shape index (κ3) is 5.79. The molecule has 0 spiro atoms. The van der Waals surface area contributed by atoms with Crippen LogP contribution in [0.25, 0.3) is 33.4 Å². The van der Waals surface area contributed by atoms with Crippen molar-refractivity contribution in [2.24, 2.45) is 4.99 Å². The Labute approximate surface area is 280 Å². The van der Waals surface area contributed by atoms with Gasteiger partial charge in [0, 0.05) is 30.1 Å². The molecule has 0 amide bonds. The van der Waals surface area contributed by atoms with Crippen molar-refractivity contribution in [1.82, 2.24) is 4.90 Å². The second kappa shape index (κ2) is 13.6. The number of nitrogens with one attached hydrogen (secondary N) is 1. The fourth-order valence-electron chi connectivity index (χ4n) is 7.10. The first-order chi connectivity index (χ1) is 22.9. The highest BCUT2D eigenvalue weighted by molar-refractivity contribution is 6.11. The van der Waals surface area contributed by atoms with Gasteiger partial charge in [0.15, 0.2) is 5.84 Å². The fraction of sp³-hybridized carbons (Fsp3) is 0.182. The summed E-state index contributed by atoms with van der Waals surface area (Å²) in [5.41, 5.74) is 12.2. The van der Waals surface area contributed by atoms with Crippen molar-refractivity contribution >= 4 is 11.7 Å². The molecule has 0 aliphatic heterocycles. The molecule has 0 saturated carbocycles. The Kier molecular flexibility index (Phi) is 9.17. The van der Waals surface area contributed by atoms with Crippen molar-refractivity contribution in [2.45, 2.75) is 39.0 Å². The van der Waals surface area contributed by atoms with E-state index in [1.54, 1.807) is 0 Å². The first kappa shape index (κ1) is 31.7. The van der Waals surface area contributed by atoms with Crippen molar-refractivity contribution < 1.29 is 0 Å². The molecule has 1 atom stereocenters. The minimum atomic E-state index is -0.318. The average Bonchev–Trinajstić information content (AvgIpc) is 3.42. The lowest BCUT2D eigenvalue weighted by Gasteiger charge is -2.33. The van der Waals surface area contributed by atoms with Crippen molar-refractivity contribution in [2.75, 3.05) is 13.6 Å². The molecule has 1 N–H and O–H groups in total. The van der Waals surface area contributed by atoms with E-state index in [4.69, 9.17) is 4.99 Å². The highest BCUT2D eigenvalue weighted by Crippen LogP contribution is 2.55. The van der Waals surface area contributed by atoms with E-state index in [0.29, 0.717) is 0 Å². The normalized spacial score (nSPS) is 15.6. The van der Waals surface area contributed by atoms with Crippen molar-refractivity contribution in [3.63, 3.8) is 0 Å². The van der Waals surface area contributed by atoms with Gasteiger partial charge in [-0.05, 0) is 94.1 Å². The highest BCUT2D eigenvalue weighted by atomic mass is 15.2. The van der Waals surface area contributed by atoms with Gasteiger partial charge in [-0.1, -0.05) is 130 Å². The summed E-state index contributed by atoms with van der Waals surface area (Å²) < 4.78 is 0. The lowest BCUT2D eigenvalue weighted by molar-refractivity contribution is 0.537. The van der Waals surface area contributed by atoms with Crippen LogP contribution in [0.2, 0.25) is 0 Å². The van der Waals surface area contributed by atoms with E-state index in [0.717, 1.165) is 58.6 Å². The summed E-state index contributed by atoms with van der Waals surface area (Å²) in [6.45, 7) is 11.6. The van der Waals surface area contributed by atoms with Gasteiger partial charge in [-0.2, -0.15) is 0 Å². The summed E-state index contributed by atoms with van der Waals surface area (Å²) in [6, 6.07) is 42.8. The smallest absolute Gasteiger partial charge is 0.154 e. The van der Waals surface area contributed by atoms with Crippen LogP contribution in [-0.2, 0) is 5.41 Å². The minimum absolute atomic E-state index is 0.245. The number of nitrogens with zero attached hydrogens (tertiary/aromatic N) is 2. The van der Waals surface area contributed by atoms with Gasteiger partial charge >= 0.3 is 0 Å². The van der Waals surface area contributed by atoms with Crippen LogP contribution in [0.5, 0.6) is 0 Å². The predicted octanol–water partition coefficient (Wildman–Crippen LogP) is 10.9. The third-order valence-electron chi connectivity index (χ3n) is 9.56. The second-order valence-electron chi connectivity index (χ2n) is 12.2. The molecule has 6 rings (SSSR count). The van der Waals surface area contributed by atoms with Gasteiger partial charge in [0.2, 0.25) is 0 Å². The van der Waals surface area contributed by atoms with E-state index >= 15 is 0 Å². The number of aliphatic imine (C=N–C) groups is 1. The first-order valence-electron chi connectivity index (χ1n) is 16.7. The maximum absolute atomic E-state index is 9.41. The van der Waals surface area contributed by atoms with Crippen LogP contribution in [0, 0.1) is 5.41 Å². The molecule has 3 nitrogen and oxygen atoms in total. The number of hydrogen-bond donors (Lipinski definition) is 1. The molecule has 0 bridgehead atoms. The van der Waals surface area contributed by atoms with E-state index in [-0.39, 0.29) is 11.3 Å². The van der Waals surface area contributed by atoms with Gasteiger partial charge in [0.05, 0.1) is 0 Å². The topological polar surface area (TPSA) is 39.5 Å². The molecule has 1 aliphatic rings. The minimum Gasteiger partial charge on any atom is -0.359 e. The molecule has 47 heavy (non-hydrogen) atoms. The second-order valence-corrected chi connectivity index (χ2v) is 12.2. The number of allylic oxidation sites excluding steroid dienone is 3. The number of benzene rings is 5. The Morgan fingerprint density at radius 2 is 1.30 bits per heavy atom. The standard InChI is InChI=1S/C44H43N3/c1-6-18-37(7-2)44(8-3)40-24-17-16-23-38(40)39-26-25-33(30-41(39)44)42(45)46-43(47(5)9-4)36-28-34(31-19-12-10-13-20-31)27-35(29-36)32-21-14-11-15-22-32/h7,10-30,45H,2,6,8-9H2,1,3-5H3/b37-18+,45-42?,46-43-. The van der Waals surface area contributed by atoms with Gasteiger partial charge in [-0.3, -0.25) is 5.41 Å². The maximum atomic E-state index is 9.41. The fourth-order valence-corrected chi connectivity index (χ4v) is 7.10. The van der Waals surface area contributed by atoms with Crippen LogP contribution in [-0.4, -0.2) is 30.2 Å². The third-order valence-corrected chi connectivity index (χ3v) is 9.56. The maximum Gasteiger partial charge on any atom is 0.154 e. The van der Waals surface area contributed by atoms with Crippen LogP contribution in [0.1, 0.15) is 55.9 Å². The molecule has 0 aromatic heterocycles. The van der Waals surface area contributed by atoms with Crippen LogP contribution in [0.3, 0.4) is 0 Å². The molecule has 1 unspecified atom stereocenters. The molecular formula is C44H43N3. The molecule has 5 aromatic rings. The van der Waals surface area contributed by atoms with Crippen molar-refractivity contribution in [1.29, 1.82) is 5.41 Å². The van der Waals surface area contributed by atoms with Crippen LogP contribution in [0.15, 0.2) is 151 Å². The zero-order valence-corrected chi connectivity index (χ0v) is 27.9. The van der Waals surface area contributed by atoms with E-state index in [2.05, 4.69) is 155 Å². The van der Waals surface area contributed by atoms with Crippen LogP contribution >= 0.6 is 0 Å². The number of rotatable bonds is 9. The summed E-state index contributed by atoms with van der Waals surface area (Å²) in [5.74, 6) is 1.02. The highest BCUT2D eigenvalue weighted by Gasteiger charge is 2.43. The Hall–Kier alpha value is -5.28. The van der Waals surface area contributed by atoms with Gasteiger partial charge < -0.3 is 4.90 Å².